The van der Waals surface area contributed by atoms with E-state index < -0.39 is 41.3 Å². The Morgan fingerprint density at radius 3 is 2.22 bits per heavy atom. The van der Waals surface area contributed by atoms with Crippen LogP contribution in [-0.2, 0) is 20.6 Å². The first-order valence-corrected chi connectivity index (χ1v) is 11.8. The molecule has 18 heteroatoms. The first-order valence-electron chi connectivity index (χ1n) is 11.8. The van der Waals surface area contributed by atoms with Gasteiger partial charge in [0.05, 0.1) is 12.1 Å². The summed E-state index contributed by atoms with van der Waals surface area (Å²) in [5.41, 5.74) is 18.2. The molecular formula is C23H34F3N7O8. The molecule has 1 aromatic carbocycles. The third kappa shape index (κ3) is 15.7. The van der Waals surface area contributed by atoms with Crippen molar-refractivity contribution < 1.29 is 47.3 Å². The van der Waals surface area contributed by atoms with Crippen LogP contribution >= 0.6 is 0 Å². The lowest BCUT2D eigenvalue weighted by atomic mass is 10.1. The van der Waals surface area contributed by atoms with Gasteiger partial charge in [0.1, 0.15) is 17.7 Å². The Bertz CT molecular complexity index is 1220. The van der Waals surface area contributed by atoms with Crippen molar-refractivity contribution in [3.05, 3.63) is 40.2 Å². The van der Waals surface area contributed by atoms with Crippen molar-refractivity contribution in [3.63, 3.8) is 0 Å². The average Bonchev–Trinajstić information content (AvgIpc) is 3.42. The maximum absolute atomic E-state index is 12.6. The van der Waals surface area contributed by atoms with E-state index in [2.05, 4.69) is 20.8 Å². The van der Waals surface area contributed by atoms with Crippen molar-refractivity contribution in [2.24, 2.45) is 17.2 Å². The molecule has 2 atom stereocenters. The van der Waals surface area contributed by atoms with E-state index >= 15 is 0 Å². The third-order valence-electron chi connectivity index (χ3n) is 4.93. The molecule has 0 radical (unpaired) electrons. The van der Waals surface area contributed by atoms with Crippen molar-refractivity contribution in [3.8, 4) is 0 Å². The summed E-state index contributed by atoms with van der Waals surface area (Å²) in [4.78, 5) is 40.6. The molecule has 1 unspecified atom stereocenters. The van der Waals surface area contributed by atoms with Crippen LogP contribution in [0.5, 0.6) is 0 Å². The number of nitrogens with one attached hydrogen (secondary N) is 3. The zero-order valence-electron chi connectivity index (χ0n) is 21.7. The Morgan fingerprint density at radius 1 is 1.20 bits per heavy atom. The highest BCUT2D eigenvalue weighted by molar-refractivity contribution is 5.83. The van der Waals surface area contributed by atoms with E-state index in [4.69, 9.17) is 37.9 Å². The molecule has 0 spiro atoms. The number of hydrogen-bond donors (Lipinski definition) is 10. The Morgan fingerprint density at radius 2 is 1.80 bits per heavy atom. The lowest BCUT2D eigenvalue weighted by molar-refractivity contribution is -0.139. The van der Waals surface area contributed by atoms with E-state index in [9.17, 15) is 32.3 Å². The molecule has 14 N–H and O–H groups in total. The minimum atomic E-state index is -4.59. The Hall–Kier alpha value is -4.42. The summed E-state index contributed by atoms with van der Waals surface area (Å²) >= 11 is 0. The summed E-state index contributed by atoms with van der Waals surface area (Å²) in [6, 6.07) is 3.02. The van der Waals surface area contributed by atoms with Crippen LogP contribution in [0, 0.1) is 5.41 Å². The molecule has 2 heterocycles. The van der Waals surface area contributed by atoms with Gasteiger partial charge in [0, 0.05) is 29.8 Å². The molecule has 2 aromatic rings. The number of carboxylic acid groups (broad SMARTS) is 3. The number of carboxylic acids is 3. The lowest BCUT2D eigenvalue weighted by Gasteiger charge is -2.08. The fraction of sp³-hybridized carbons (Fsp3) is 0.435. The zero-order valence-corrected chi connectivity index (χ0v) is 21.7. The van der Waals surface area contributed by atoms with Gasteiger partial charge < -0.3 is 53.3 Å². The molecule has 230 valence electrons. The van der Waals surface area contributed by atoms with Crippen LogP contribution in [0.3, 0.4) is 0 Å². The number of halogens is 3. The molecule has 1 fully saturated rings. The maximum atomic E-state index is 12.6. The predicted molar refractivity (Wildman–Crippen MR) is 142 cm³/mol. The molecular weight excluding hydrogens is 559 g/mol. The number of anilines is 1. The van der Waals surface area contributed by atoms with Gasteiger partial charge in [0.25, 0.3) is 0 Å². The van der Waals surface area contributed by atoms with Gasteiger partial charge in [-0.05, 0) is 44.4 Å². The van der Waals surface area contributed by atoms with Crippen LogP contribution < -0.4 is 39.2 Å². The monoisotopic (exact) mass is 593 g/mol. The first-order chi connectivity index (χ1) is 19.0. The molecule has 1 aliphatic rings. The van der Waals surface area contributed by atoms with Crippen LogP contribution in [0.15, 0.2) is 33.5 Å². The third-order valence-corrected chi connectivity index (χ3v) is 4.93. The van der Waals surface area contributed by atoms with E-state index in [0.717, 1.165) is 19.4 Å². The molecule has 0 saturated carbocycles. The van der Waals surface area contributed by atoms with Crippen LogP contribution in [0.1, 0.15) is 31.2 Å². The van der Waals surface area contributed by atoms with E-state index in [1.165, 1.54) is 18.2 Å². The number of aliphatic carboxylic acids is 3. The maximum Gasteiger partial charge on any atom is 0.417 e. The van der Waals surface area contributed by atoms with Gasteiger partial charge in [-0.2, -0.15) is 13.2 Å². The minimum Gasteiger partial charge on any atom is -0.480 e. The van der Waals surface area contributed by atoms with Crippen LogP contribution in [0.4, 0.5) is 18.9 Å². The Labute approximate surface area is 231 Å². The number of nitrogens with two attached hydrogens (primary N) is 4. The van der Waals surface area contributed by atoms with Crippen molar-refractivity contribution in [1.82, 2.24) is 10.6 Å². The number of carbonyl (C=O) groups is 3. The second kappa shape index (κ2) is 18.0. The molecule has 0 amide bonds. The van der Waals surface area contributed by atoms with Crippen molar-refractivity contribution in [2.75, 3.05) is 25.4 Å². The second-order valence-electron chi connectivity index (χ2n) is 8.24. The number of guanidine groups is 1. The van der Waals surface area contributed by atoms with Gasteiger partial charge in [-0.3, -0.25) is 19.8 Å². The van der Waals surface area contributed by atoms with Crippen LogP contribution in [-0.4, -0.2) is 70.9 Å². The molecule has 1 saturated heterocycles. The van der Waals surface area contributed by atoms with Gasteiger partial charge >= 0.3 is 29.7 Å². The summed E-state index contributed by atoms with van der Waals surface area (Å²) in [6.45, 7) is 1.06. The summed E-state index contributed by atoms with van der Waals surface area (Å²) in [5.74, 6) is -2.80. The number of benzene rings is 1. The largest absolute Gasteiger partial charge is 0.480 e. The Balaban J connectivity index is 0.000000565. The average molecular weight is 594 g/mol. The molecule has 3 rings (SSSR count). The molecule has 15 nitrogen and oxygen atoms in total. The fourth-order valence-corrected chi connectivity index (χ4v) is 2.98. The number of rotatable bonds is 7. The fourth-order valence-electron chi connectivity index (χ4n) is 2.98. The summed E-state index contributed by atoms with van der Waals surface area (Å²) in [6.07, 6.45) is -1.83. The van der Waals surface area contributed by atoms with E-state index in [0.29, 0.717) is 25.5 Å². The summed E-state index contributed by atoms with van der Waals surface area (Å²) in [7, 11) is 0. The smallest absolute Gasteiger partial charge is 0.417 e. The molecule has 0 bridgehead atoms. The quantitative estimate of drug-likeness (QED) is 0.0660. The predicted octanol–water partition coefficient (Wildman–Crippen LogP) is -0.0917. The van der Waals surface area contributed by atoms with Gasteiger partial charge in [0.15, 0.2) is 5.96 Å². The topological polar surface area (TPSA) is 294 Å². The van der Waals surface area contributed by atoms with Gasteiger partial charge in [-0.25, -0.2) is 4.79 Å². The first kappa shape index (κ1) is 36.6. The molecule has 0 aliphatic carbocycles. The molecule has 1 aliphatic heterocycles. The molecule has 41 heavy (non-hydrogen) atoms. The van der Waals surface area contributed by atoms with Crippen molar-refractivity contribution >= 4 is 40.5 Å². The van der Waals surface area contributed by atoms with E-state index in [1.807, 2.05) is 0 Å². The standard InChI is InChI=1S/C10H6F3NO2.C6H14N4O2.C5H9NO2.C2H5NO2/c11-10(12,13)7-4-9(15)16-8-3-5(14)1-2-6(7)8;7-4(5(11)12)2-1-3-10-6(8)9;7-5(8)4-2-1-3-6-4;3-1-2(4)5/h1-4H,14H2;4H,1-3,7H2,(H,11,12)(H4,8,9,10);4,6H,1-3H2,(H,7,8);1,3H2,(H,4,5)/t;;4-;/m..0./s1. The normalized spacial score (nSPS) is 14.6. The highest BCUT2D eigenvalue weighted by Crippen LogP contribution is 2.34. The van der Waals surface area contributed by atoms with Crippen molar-refractivity contribution in [2.45, 2.75) is 43.9 Å². The highest BCUT2D eigenvalue weighted by atomic mass is 19.4. The van der Waals surface area contributed by atoms with E-state index in [-0.39, 0.29) is 35.2 Å². The second-order valence-corrected chi connectivity index (χ2v) is 8.24. The number of hydrogen-bond acceptors (Lipinski definition) is 10. The SMILES string of the molecule is N=C(N)NCCCC(N)C(=O)O.NCC(=O)O.Nc1ccc2c(C(F)(F)F)cc(=O)oc2c1.O=C(O)[C@@H]1CCCN1. The van der Waals surface area contributed by atoms with Crippen molar-refractivity contribution in [1.29, 1.82) is 5.41 Å². The number of fused-ring (bicyclic) bond motifs is 1. The summed E-state index contributed by atoms with van der Waals surface area (Å²) in [5, 5.41) is 36.3. The molecule has 1 aromatic heterocycles. The minimum absolute atomic E-state index is 0.112. The van der Waals surface area contributed by atoms with Crippen LogP contribution in [0.2, 0.25) is 0 Å². The lowest BCUT2D eigenvalue weighted by Crippen LogP contribution is -2.34. The Kier molecular flexibility index (Phi) is 16.1. The highest BCUT2D eigenvalue weighted by Gasteiger charge is 2.33. The van der Waals surface area contributed by atoms with E-state index in [1.54, 1.807) is 0 Å². The van der Waals surface area contributed by atoms with Gasteiger partial charge in [-0.15, -0.1) is 0 Å². The number of alkyl halides is 3. The zero-order chi connectivity index (χ0) is 31.8. The van der Waals surface area contributed by atoms with Gasteiger partial charge in [-0.1, -0.05) is 0 Å². The van der Waals surface area contributed by atoms with Gasteiger partial charge in [0.2, 0.25) is 0 Å². The van der Waals surface area contributed by atoms with Crippen LogP contribution in [0.25, 0.3) is 11.0 Å². The summed E-state index contributed by atoms with van der Waals surface area (Å²) < 4.78 is 42.4. The number of nitrogen functional groups attached to an aromatic ring is 1.